The van der Waals surface area contributed by atoms with Crippen molar-refractivity contribution in [1.82, 2.24) is 24.6 Å². The van der Waals surface area contributed by atoms with E-state index >= 15 is 0 Å². The lowest BCUT2D eigenvalue weighted by Crippen LogP contribution is -2.00. The quantitative estimate of drug-likeness (QED) is 0.680. The fraction of sp³-hybridized carbons (Fsp3) is 0.0909. The van der Waals surface area contributed by atoms with E-state index in [1.165, 1.54) is 18.1 Å². The average Bonchev–Trinajstić information content (AvgIpc) is 2.85. The first-order valence-electron chi connectivity index (χ1n) is 5.30. The number of rotatable bonds is 2. The Labute approximate surface area is 123 Å². The van der Waals surface area contributed by atoms with Crippen LogP contribution in [0.2, 0.25) is 10.2 Å². The predicted molar refractivity (Wildman–Crippen MR) is 73.9 cm³/mol. The lowest BCUT2D eigenvalue weighted by molar-refractivity contribution is 0.824. The second-order valence-electron chi connectivity index (χ2n) is 3.72. The smallest absolute Gasteiger partial charge is 0.248 e. The van der Waals surface area contributed by atoms with Crippen LogP contribution in [0.5, 0.6) is 0 Å². The van der Waals surface area contributed by atoms with Crippen LogP contribution in [0, 0.1) is 6.92 Å². The minimum atomic E-state index is 0.414. The van der Waals surface area contributed by atoms with Gasteiger partial charge in [0.1, 0.15) is 21.5 Å². The monoisotopic (exact) mass is 311 g/mol. The van der Waals surface area contributed by atoms with Crippen LogP contribution < -0.4 is 0 Å². The summed E-state index contributed by atoms with van der Waals surface area (Å²) in [6, 6.07) is 3.62. The maximum Gasteiger partial charge on any atom is 0.254 e. The third kappa shape index (κ3) is 2.39. The van der Waals surface area contributed by atoms with Crippen molar-refractivity contribution in [1.29, 1.82) is 0 Å². The Bertz CT molecular complexity index is 741. The SMILES string of the molecule is Cc1c(Cl)nc2ncnn2c1Sc1ccc(Cl)cn1. The molecule has 19 heavy (non-hydrogen) atoms. The first-order valence-corrected chi connectivity index (χ1v) is 6.87. The lowest BCUT2D eigenvalue weighted by Gasteiger charge is -2.07. The zero-order chi connectivity index (χ0) is 13.4. The Morgan fingerprint density at radius 1 is 1.21 bits per heavy atom. The summed E-state index contributed by atoms with van der Waals surface area (Å²) in [5.41, 5.74) is 0.835. The van der Waals surface area contributed by atoms with Gasteiger partial charge in [-0.2, -0.15) is 19.6 Å². The fourth-order valence-corrected chi connectivity index (χ4v) is 2.75. The molecule has 0 N–H and O–H groups in total. The molecule has 3 aromatic heterocycles. The van der Waals surface area contributed by atoms with Crippen molar-refractivity contribution in [3.05, 3.63) is 40.4 Å². The van der Waals surface area contributed by atoms with E-state index in [0.29, 0.717) is 16.0 Å². The van der Waals surface area contributed by atoms with Crippen LogP contribution in [0.25, 0.3) is 5.78 Å². The van der Waals surface area contributed by atoms with Gasteiger partial charge in [0.15, 0.2) is 0 Å². The fourth-order valence-electron chi connectivity index (χ4n) is 1.52. The molecule has 0 amide bonds. The molecule has 3 aromatic rings. The Hall–Kier alpha value is -1.37. The molecular weight excluding hydrogens is 305 g/mol. The molecule has 0 atom stereocenters. The van der Waals surface area contributed by atoms with Gasteiger partial charge >= 0.3 is 0 Å². The molecule has 0 unspecified atom stereocenters. The van der Waals surface area contributed by atoms with Gasteiger partial charge in [-0.25, -0.2) is 4.98 Å². The maximum absolute atomic E-state index is 6.09. The molecule has 0 aromatic carbocycles. The van der Waals surface area contributed by atoms with Crippen molar-refractivity contribution in [3.63, 3.8) is 0 Å². The summed E-state index contributed by atoms with van der Waals surface area (Å²) in [4.78, 5) is 12.4. The third-order valence-corrected chi connectivity index (χ3v) is 4.17. The molecule has 0 fully saturated rings. The highest BCUT2D eigenvalue weighted by Crippen LogP contribution is 2.31. The molecule has 0 saturated heterocycles. The van der Waals surface area contributed by atoms with Crippen LogP contribution in [0.4, 0.5) is 0 Å². The van der Waals surface area contributed by atoms with E-state index in [2.05, 4.69) is 20.1 Å². The molecule has 96 valence electrons. The number of hydrogen-bond donors (Lipinski definition) is 0. The van der Waals surface area contributed by atoms with E-state index in [-0.39, 0.29) is 0 Å². The van der Waals surface area contributed by atoms with Gasteiger partial charge in [-0.05, 0) is 30.8 Å². The molecule has 5 nitrogen and oxygen atoms in total. The zero-order valence-corrected chi connectivity index (χ0v) is 12.0. The summed E-state index contributed by atoms with van der Waals surface area (Å²) in [5, 5.41) is 6.79. The van der Waals surface area contributed by atoms with Gasteiger partial charge in [0.2, 0.25) is 0 Å². The topological polar surface area (TPSA) is 56.0 Å². The van der Waals surface area contributed by atoms with Crippen molar-refractivity contribution in [2.75, 3.05) is 0 Å². The number of aromatic nitrogens is 5. The minimum absolute atomic E-state index is 0.414. The van der Waals surface area contributed by atoms with E-state index in [4.69, 9.17) is 23.2 Å². The van der Waals surface area contributed by atoms with Crippen LogP contribution >= 0.6 is 35.0 Å². The summed E-state index contributed by atoms with van der Waals surface area (Å²) in [6.07, 6.45) is 3.04. The number of hydrogen-bond acceptors (Lipinski definition) is 5. The normalized spacial score (nSPS) is 11.1. The molecule has 0 spiro atoms. The van der Waals surface area contributed by atoms with Crippen molar-refractivity contribution in [2.45, 2.75) is 17.0 Å². The van der Waals surface area contributed by atoms with E-state index in [0.717, 1.165) is 15.6 Å². The third-order valence-electron chi connectivity index (χ3n) is 2.45. The molecule has 8 heteroatoms. The molecular formula is C11H7Cl2N5S. The van der Waals surface area contributed by atoms with Gasteiger partial charge in [-0.3, -0.25) is 0 Å². The lowest BCUT2D eigenvalue weighted by atomic mass is 10.4. The van der Waals surface area contributed by atoms with Crippen LogP contribution in [0.3, 0.4) is 0 Å². The van der Waals surface area contributed by atoms with Crippen LogP contribution in [0.1, 0.15) is 5.56 Å². The van der Waals surface area contributed by atoms with Crippen LogP contribution in [-0.2, 0) is 0 Å². The minimum Gasteiger partial charge on any atom is -0.248 e. The predicted octanol–water partition coefficient (Wildman–Crippen LogP) is 3.29. The molecule has 0 radical (unpaired) electrons. The standard InChI is InChI=1S/C11H7Cl2N5S/c1-6-9(13)17-11-15-5-16-18(11)10(6)19-8-3-2-7(12)4-14-8/h2-5H,1H3. The largest absolute Gasteiger partial charge is 0.254 e. The second kappa shape index (κ2) is 4.96. The molecule has 3 heterocycles. The van der Waals surface area contributed by atoms with Gasteiger partial charge in [-0.15, -0.1) is 0 Å². The van der Waals surface area contributed by atoms with E-state index < -0.39 is 0 Å². The Balaban J connectivity index is 2.11. The van der Waals surface area contributed by atoms with Crippen molar-refractivity contribution in [2.24, 2.45) is 0 Å². The highest BCUT2D eigenvalue weighted by molar-refractivity contribution is 7.99. The van der Waals surface area contributed by atoms with E-state index in [9.17, 15) is 0 Å². The summed E-state index contributed by atoms with van der Waals surface area (Å²) >= 11 is 13.3. The number of pyridine rings is 1. The summed E-state index contributed by atoms with van der Waals surface area (Å²) in [5.74, 6) is 0.465. The second-order valence-corrected chi connectivity index (χ2v) is 5.52. The molecule has 0 aliphatic carbocycles. The van der Waals surface area contributed by atoms with Gasteiger partial charge in [-0.1, -0.05) is 23.2 Å². The molecule has 0 saturated carbocycles. The van der Waals surface area contributed by atoms with Gasteiger partial charge < -0.3 is 0 Å². The zero-order valence-electron chi connectivity index (χ0n) is 9.71. The summed E-state index contributed by atoms with van der Waals surface area (Å²) in [7, 11) is 0. The molecule has 0 aliphatic heterocycles. The Morgan fingerprint density at radius 3 is 2.79 bits per heavy atom. The first kappa shape index (κ1) is 12.7. The van der Waals surface area contributed by atoms with Gasteiger partial charge in [0, 0.05) is 11.8 Å². The van der Waals surface area contributed by atoms with E-state index in [1.54, 1.807) is 16.8 Å². The Kier molecular flexibility index (Phi) is 3.30. The molecule has 0 bridgehead atoms. The van der Waals surface area contributed by atoms with Gasteiger partial charge in [0.05, 0.1) is 5.02 Å². The highest BCUT2D eigenvalue weighted by atomic mass is 35.5. The van der Waals surface area contributed by atoms with E-state index in [1.807, 2.05) is 13.0 Å². The number of nitrogens with zero attached hydrogens (tertiary/aromatic N) is 5. The molecule has 0 aliphatic rings. The average molecular weight is 312 g/mol. The van der Waals surface area contributed by atoms with Crippen LogP contribution in [0.15, 0.2) is 34.7 Å². The highest BCUT2D eigenvalue weighted by Gasteiger charge is 2.14. The van der Waals surface area contributed by atoms with Gasteiger partial charge in [0.25, 0.3) is 5.78 Å². The maximum atomic E-state index is 6.09. The Morgan fingerprint density at radius 2 is 2.05 bits per heavy atom. The number of fused-ring (bicyclic) bond motifs is 1. The summed E-state index contributed by atoms with van der Waals surface area (Å²) in [6.45, 7) is 1.88. The first-order chi connectivity index (χ1) is 9.15. The molecule has 3 rings (SSSR count). The van der Waals surface area contributed by atoms with Crippen molar-refractivity contribution in [3.8, 4) is 0 Å². The number of halogens is 2. The van der Waals surface area contributed by atoms with Crippen molar-refractivity contribution >= 4 is 40.7 Å². The summed E-state index contributed by atoms with van der Waals surface area (Å²) < 4.78 is 1.64. The van der Waals surface area contributed by atoms with Crippen molar-refractivity contribution < 1.29 is 0 Å². The van der Waals surface area contributed by atoms with Crippen LogP contribution in [-0.4, -0.2) is 24.6 Å².